The first-order chi connectivity index (χ1) is 19.1. The van der Waals surface area contributed by atoms with Gasteiger partial charge < -0.3 is 10.2 Å². The van der Waals surface area contributed by atoms with Gasteiger partial charge in [-0.1, -0.05) is 91.5 Å². The molecule has 0 saturated carbocycles. The third kappa shape index (κ3) is 7.99. The van der Waals surface area contributed by atoms with Crippen LogP contribution in [0.2, 0.25) is 10.0 Å². The van der Waals surface area contributed by atoms with Crippen molar-refractivity contribution < 1.29 is 18.0 Å². The molecule has 0 saturated heterocycles. The second kappa shape index (κ2) is 14.5. The average molecular weight is 605 g/mol. The normalized spacial score (nSPS) is 12.0. The topological polar surface area (TPSA) is 86.8 Å². The second-order valence-corrected chi connectivity index (χ2v) is 12.2. The van der Waals surface area contributed by atoms with E-state index in [2.05, 4.69) is 5.32 Å². The van der Waals surface area contributed by atoms with Gasteiger partial charge in [0.2, 0.25) is 11.8 Å². The molecule has 3 aromatic rings. The second-order valence-electron chi connectivity index (χ2n) is 9.50. The van der Waals surface area contributed by atoms with Crippen molar-refractivity contribution in [2.75, 3.05) is 17.4 Å². The molecule has 0 fully saturated rings. The Balaban J connectivity index is 2.06. The highest BCUT2D eigenvalue weighted by Crippen LogP contribution is 2.33. The first kappa shape index (κ1) is 31.5. The quantitative estimate of drug-likeness (QED) is 0.235. The summed E-state index contributed by atoms with van der Waals surface area (Å²) in [7, 11) is -4.24. The fourth-order valence-corrected chi connectivity index (χ4v) is 6.09. The van der Waals surface area contributed by atoms with E-state index in [-0.39, 0.29) is 33.1 Å². The van der Waals surface area contributed by atoms with Crippen LogP contribution in [0.15, 0.2) is 77.7 Å². The number of amides is 2. The number of carbonyl (C=O) groups excluding carboxylic acids is 2. The van der Waals surface area contributed by atoms with Crippen LogP contribution in [0.1, 0.15) is 44.2 Å². The van der Waals surface area contributed by atoms with E-state index in [9.17, 15) is 18.0 Å². The lowest BCUT2D eigenvalue weighted by Crippen LogP contribution is -2.52. The Morgan fingerprint density at radius 3 is 2.25 bits per heavy atom. The Hall–Kier alpha value is -3.07. The molecule has 3 aromatic carbocycles. The first-order valence-electron chi connectivity index (χ1n) is 13.2. The maximum atomic E-state index is 14.1. The molecule has 1 N–H and O–H groups in total. The molecule has 0 bridgehead atoms. The fourth-order valence-electron chi connectivity index (χ4n) is 4.23. The molecule has 0 aliphatic carbocycles. The van der Waals surface area contributed by atoms with Crippen LogP contribution in [0.4, 0.5) is 5.69 Å². The van der Waals surface area contributed by atoms with E-state index in [1.807, 2.05) is 51.1 Å². The van der Waals surface area contributed by atoms with Gasteiger partial charge in [0, 0.05) is 18.1 Å². The van der Waals surface area contributed by atoms with Crippen LogP contribution in [0, 0.1) is 6.92 Å². The number of nitrogens with one attached hydrogen (secondary N) is 1. The summed E-state index contributed by atoms with van der Waals surface area (Å²) >= 11 is 12.7. The van der Waals surface area contributed by atoms with Crippen LogP contribution in [-0.4, -0.2) is 44.3 Å². The Bertz CT molecular complexity index is 1400. The van der Waals surface area contributed by atoms with Gasteiger partial charge in [0.05, 0.1) is 15.6 Å². The van der Waals surface area contributed by atoms with E-state index in [0.717, 1.165) is 28.3 Å². The van der Waals surface area contributed by atoms with Crippen LogP contribution in [-0.2, 0) is 26.2 Å². The highest BCUT2D eigenvalue weighted by atomic mass is 35.5. The first-order valence-corrected chi connectivity index (χ1v) is 15.4. The van der Waals surface area contributed by atoms with Crippen molar-refractivity contribution in [3.8, 4) is 0 Å². The van der Waals surface area contributed by atoms with E-state index < -0.39 is 28.5 Å². The van der Waals surface area contributed by atoms with E-state index in [1.165, 1.54) is 29.2 Å². The lowest BCUT2D eigenvalue weighted by molar-refractivity contribution is -0.140. The summed E-state index contributed by atoms with van der Waals surface area (Å²) in [5, 5.41) is 3.30. The van der Waals surface area contributed by atoms with Crippen LogP contribution in [0.25, 0.3) is 0 Å². The number of benzene rings is 3. The van der Waals surface area contributed by atoms with Gasteiger partial charge in [-0.05, 0) is 55.7 Å². The van der Waals surface area contributed by atoms with Crippen LogP contribution in [0.5, 0.6) is 0 Å². The molecule has 10 heteroatoms. The van der Waals surface area contributed by atoms with E-state index in [0.29, 0.717) is 13.0 Å². The molecule has 3 rings (SSSR count). The van der Waals surface area contributed by atoms with Crippen molar-refractivity contribution in [1.29, 1.82) is 0 Å². The van der Waals surface area contributed by atoms with Crippen molar-refractivity contribution in [3.05, 3.63) is 94.0 Å². The number of aryl methyl sites for hydroxylation is 1. The van der Waals surface area contributed by atoms with Crippen LogP contribution < -0.4 is 9.62 Å². The zero-order valence-corrected chi connectivity index (χ0v) is 25.3. The number of halogens is 2. The minimum Gasteiger partial charge on any atom is -0.354 e. The maximum Gasteiger partial charge on any atom is 0.264 e. The molecule has 214 valence electrons. The molecule has 7 nitrogen and oxygen atoms in total. The molecule has 40 heavy (non-hydrogen) atoms. The predicted molar refractivity (Wildman–Crippen MR) is 161 cm³/mol. The smallest absolute Gasteiger partial charge is 0.264 e. The lowest BCUT2D eigenvalue weighted by Gasteiger charge is -2.33. The monoisotopic (exact) mass is 603 g/mol. The van der Waals surface area contributed by atoms with Gasteiger partial charge in [0.25, 0.3) is 10.0 Å². The van der Waals surface area contributed by atoms with E-state index in [1.54, 1.807) is 18.2 Å². The largest absolute Gasteiger partial charge is 0.354 e. The fraction of sp³-hybridized carbons (Fsp3) is 0.333. The van der Waals surface area contributed by atoms with Crippen molar-refractivity contribution in [2.24, 2.45) is 0 Å². The number of hydrogen-bond acceptors (Lipinski definition) is 4. The lowest BCUT2D eigenvalue weighted by atomic mass is 10.1. The van der Waals surface area contributed by atoms with Crippen molar-refractivity contribution in [1.82, 2.24) is 10.2 Å². The zero-order chi connectivity index (χ0) is 29.3. The summed E-state index contributed by atoms with van der Waals surface area (Å²) in [4.78, 5) is 28.7. The zero-order valence-electron chi connectivity index (χ0n) is 22.9. The summed E-state index contributed by atoms with van der Waals surface area (Å²) in [6.45, 7) is 5.74. The summed E-state index contributed by atoms with van der Waals surface area (Å²) in [6, 6.07) is 19.2. The molecular weight excluding hydrogens is 569 g/mol. The number of sulfonamides is 1. The van der Waals surface area contributed by atoms with E-state index in [4.69, 9.17) is 23.2 Å². The number of hydrogen-bond donors (Lipinski definition) is 1. The summed E-state index contributed by atoms with van der Waals surface area (Å²) in [5.41, 5.74) is 1.77. The van der Waals surface area contributed by atoms with Crippen molar-refractivity contribution in [3.63, 3.8) is 0 Å². The molecule has 0 aliphatic heterocycles. The van der Waals surface area contributed by atoms with Gasteiger partial charge in [0.15, 0.2) is 0 Å². The Morgan fingerprint density at radius 2 is 1.62 bits per heavy atom. The minimum atomic E-state index is -4.24. The third-order valence-electron chi connectivity index (χ3n) is 6.48. The highest BCUT2D eigenvalue weighted by Gasteiger charge is 2.34. The Kier molecular flexibility index (Phi) is 11.4. The Morgan fingerprint density at radius 1 is 0.950 bits per heavy atom. The van der Waals surface area contributed by atoms with Crippen molar-refractivity contribution in [2.45, 2.75) is 57.5 Å². The predicted octanol–water partition coefficient (Wildman–Crippen LogP) is 6.22. The molecule has 2 amide bonds. The summed E-state index contributed by atoms with van der Waals surface area (Å²) < 4.78 is 28.9. The minimum absolute atomic E-state index is 0.000835. The molecular formula is C30H35Cl2N3O4S. The molecule has 0 aromatic heterocycles. The average Bonchev–Trinajstić information content (AvgIpc) is 2.93. The summed E-state index contributed by atoms with van der Waals surface area (Å²) in [5.74, 6) is -0.831. The number of anilines is 1. The van der Waals surface area contributed by atoms with Gasteiger partial charge >= 0.3 is 0 Å². The van der Waals surface area contributed by atoms with Gasteiger partial charge in [-0.2, -0.15) is 0 Å². The Labute approximate surface area is 247 Å². The molecule has 1 atom stereocenters. The standard InChI is InChI=1S/C30H35Cl2N3O4S/c1-4-6-18-33-30(37)27(5-2)34(20-23-10-8-7-9-11-23)29(36)21-35(28-19-24(31)14-17-26(28)32)40(38,39)25-15-12-22(3)13-16-25/h7-17,19,27H,4-6,18,20-21H2,1-3H3,(H,33,37)/t27-/m1/s1. The van der Waals surface area contributed by atoms with Gasteiger partial charge in [-0.3, -0.25) is 13.9 Å². The number of nitrogens with zero attached hydrogens (tertiary/aromatic N) is 2. The van der Waals surface area contributed by atoms with Crippen LogP contribution >= 0.6 is 23.2 Å². The summed E-state index contributed by atoms with van der Waals surface area (Å²) in [6.07, 6.45) is 2.07. The molecule has 0 spiro atoms. The molecule has 0 heterocycles. The van der Waals surface area contributed by atoms with Crippen LogP contribution in [0.3, 0.4) is 0 Å². The third-order valence-corrected chi connectivity index (χ3v) is 8.80. The van der Waals surface area contributed by atoms with Gasteiger partial charge in [-0.15, -0.1) is 0 Å². The molecule has 0 unspecified atom stereocenters. The number of rotatable bonds is 13. The number of unbranched alkanes of at least 4 members (excludes halogenated alkanes) is 1. The highest BCUT2D eigenvalue weighted by molar-refractivity contribution is 7.92. The van der Waals surface area contributed by atoms with E-state index >= 15 is 0 Å². The van der Waals surface area contributed by atoms with Crippen molar-refractivity contribution >= 4 is 50.7 Å². The molecule has 0 aliphatic rings. The molecule has 0 radical (unpaired) electrons. The maximum absolute atomic E-state index is 14.1. The SMILES string of the molecule is CCCCNC(=O)[C@@H](CC)N(Cc1ccccc1)C(=O)CN(c1cc(Cl)ccc1Cl)S(=O)(=O)c1ccc(C)cc1. The number of carbonyl (C=O) groups is 2. The van der Waals surface area contributed by atoms with Gasteiger partial charge in [-0.25, -0.2) is 8.42 Å². The van der Waals surface area contributed by atoms with Gasteiger partial charge in [0.1, 0.15) is 12.6 Å².